The Morgan fingerprint density at radius 2 is 2.19 bits per heavy atom. The molecule has 1 heterocycles. The Kier molecular flexibility index (Phi) is 5.67. The van der Waals surface area contributed by atoms with Crippen molar-refractivity contribution in [2.75, 3.05) is 7.05 Å². The minimum Gasteiger partial charge on any atom is -0.457 e. The number of esters is 1. The Morgan fingerprint density at radius 3 is 2.67 bits per heavy atom. The van der Waals surface area contributed by atoms with Crippen LogP contribution in [0.3, 0.4) is 0 Å². The van der Waals surface area contributed by atoms with E-state index in [9.17, 15) is 4.79 Å². The fourth-order valence-corrected chi connectivity index (χ4v) is 1.43. The summed E-state index contributed by atoms with van der Waals surface area (Å²) in [6, 6.07) is 3.54. The van der Waals surface area contributed by atoms with Gasteiger partial charge >= 0.3 is 5.97 Å². The van der Waals surface area contributed by atoms with Crippen molar-refractivity contribution in [1.29, 1.82) is 0 Å². The van der Waals surface area contributed by atoms with E-state index in [4.69, 9.17) is 11.2 Å². The maximum atomic E-state index is 11.5. The predicted molar refractivity (Wildman–Crippen MR) is 83.5 cm³/mol. The van der Waals surface area contributed by atoms with Crippen molar-refractivity contribution in [3.8, 4) is 12.3 Å². The SMILES string of the molecule is C#C/C(=N\NC)c1ccc(/C=C/C(=O)OC(C)(C)C)nc1. The van der Waals surface area contributed by atoms with Crippen LogP contribution in [0, 0.1) is 12.3 Å². The number of hydrazone groups is 1. The zero-order chi connectivity index (χ0) is 15.9. The number of hydrogen-bond donors (Lipinski definition) is 1. The monoisotopic (exact) mass is 285 g/mol. The number of pyridine rings is 1. The minimum absolute atomic E-state index is 0.408. The molecule has 0 saturated heterocycles. The third-order valence-corrected chi connectivity index (χ3v) is 2.22. The van der Waals surface area contributed by atoms with Gasteiger partial charge in [-0.25, -0.2) is 4.79 Å². The van der Waals surface area contributed by atoms with Gasteiger partial charge in [0.05, 0.1) is 5.69 Å². The van der Waals surface area contributed by atoms with Crippen molar-refractivity contribution in [2.45, 2.75) is 26.4 Å². The molecule has 0 spiro atoms. The van der Waals surface area contributed by atoms with E-state index in [1.54, 1.807) is 31.5 Å². The highest BCUT2D eigenvalue weighted by Crippen LogP contribution is 2.08. The fraction of sp³-hybridized carbons (Fsp3) is 0.312. The number of nitrogens with one attached hydrogen (secondary N) is 1. The van der Waals surface area contributed by atoms with Gasteiger partial charge in [0, 0.05) is 24.9 Å². The highest BCUT2D eigenvalue weighted by molar-refractivity contribution is 6.12. The second-order valence-corrected chi connectivity index (χ2v) is 5.17. The Labute approximate surface area is 125 Å². The summed E-state index contributed by atoms with van der Waals surface area (Å²) in [7, 11) is 1.67. The number of carbonyl (C=O) groups is 1. The van der Waals surface area contributed by atoms with Crippen LogP contribution in [0.25, 0.3) is 6.08 Å². The maximum absolute atomic E-state index is 11.5. The lowest BCUT2D eigenvalue weighted by Crippen LogP contribution is -2.22. The number of terminal acetylenes is 1. The Balaban J connectivity index is 2.78. The summed E-state index contributed by atoms with van der Waals surface area (Å²) in [6.45, 7) is 5.44. The molecule has 0 saturated carbocycles. The minimum atomic E-state index is -0.510. The molecule has 0 aromatic carbocycles. The number of aromatic nitrogens is 1. The van der Waals surface area contributed by atoms with Gasteiger partial charge in [0.2, 0.25) is 0 Å². The Hall–Kier alpha value is -2.61. The van der Waals surface area contributed by atoms with E-state index < -0.39 is 11.6 Å². The van der Waals surface area contributed by atoms with Gasteiger partial charge in [0.1, 0.15) is 11.3 Å². The first kappa shape index (κ1) is 16.4. The molecule has 0 amide bonds. The van der Waals surface area contributed by atoms with Gasteiger partial charge in [-0.15, -0.1) is 6.42 Å². The van der Waals surface area contributed by atoms with Crippen molar-refractivity contribution in [3.05, 3.63) is 35.7 Å². The van der Waals surface area contributed by atoms with E-state index in [2.05, 4.69) is 21.4 Å². The lowest BCUT2D eigenvalue weighted by Gasteiger charge is -2.17. The molecule has 0 bridgehead atoms. The summed E-state index contributed by atoms with van der Waals surface area (Å²) >= 11 is 0. The predicted octanol–water partition coefficient (Wildman–Crippen LogP) is 1.99. The van der Waals surface area contributed by atoms with E-state index in [-0.39, 0.29) is 0 Å². The first-order valence-corrected chi connectivity index (χ1v) is 6.44. The molecule has 0 aliphatic heterocycles. The van der Waals surface area contributed by atoms with Crippen molar-refractivity contribution in [3.63, 3.8) is 0 Å². The molecule has 1 aromatic heterocycles. The van der Waals surface area contributed by atoms with Crippen LogP contribution in [-0.2, 0) is 9.53 Å². The standard InChI is InChI=1S/C16H19N3O2/c1-6-14(19-17-5)12-7-8-13(18-11-12)9-10-15(20)21-16(2,3)4/h1,7-11,17H,2-5H3/b10-9+,19-14+. The van der Waals surface area contributed by atoms with E-state index in [1.807, 2.05) is 20.8 Å². The molecular weight excluding hydrogens is 266 g/mol. The van der Waals surface area contributed by atoms with Crippen LogP contribution in [0.1, 0.15) is 32.0 Å². The molecule has 1 aromatic rings. The molecule has 0 atom stereocenters. The molecule has 21 heavy (non-hydrogen) atoms. The summed E-state index contributed by atoms with van der Waals surface area (Å²) in [5.41, 5.74) is 3.95. The maximum Gasteiger partial charge on any atom is 0.331 e. The normalized spacial score (nSPS) is 12.0. The van der Waals surface area contributed by atoms with Gasteiger partial charge in [-0.3, -0.25) is 4.98 Å². The average molecular weight is 285 g/mol. The van der Waals surface area contributed by atoms with Crippen LogP contribution in [0.15, 0.2) is 29.5 Å². The Bertz CT molecular complexity index is 587. The molecule has 0 radical (unpaired) electrons. The summed E-state index contributed by atoms with van der Waals surface area (Å²) in [4.78, 5) is 15.7. The molecule has 1 rings (SSSR count). The molecule has 110 valence electrons. The van der Waals surface area contributed by atoms with Crippen LogP contribution in [0.4, 0.5) is 0 Å². The molecule has 1 N–H and O–H groups in total. The summed E-state index contributed by atoms with van der Waals surface area (Å²) in [6.07, 6.45) is 9.89. The molecule has 5 nitrogen and oxygen atoms in total. The smallest absolute Gasteiger partial charge is 0.331 e. The van der Waals surface area contributed by atoms with Crippen LogP contribution >= 0.6 is 0 Å². The number of ether oxygens (including phenoxy) is 1. The van der Waals surface area contributed by atoms with E-state index >= 15 is 0 Å². The lowest BCUT2D eigenvalue weighted by atomic mass is 10.1. The van der Waals surface area contributed by atoms with Gasteiger partial charge in [-0.05, 0) is 44.9 Å². The largest absolute Gasteiger partial charge is 0.457 e. The summed E-state index contributed by atoms with van der Waals surface area (Å²) < 4.78 is 5.16. The van der Waals surface area contributed by atoms with Crippen molar-refractivity contribution >= 4 is 17.8 Å². The molecule has 5 heteroatoms. The first-order chi connectivity index (χ1) is 9.85. The van der Waals surface area contributed by atoms with E-state index in [0.29, 0.717) is 11.4 Å². The van der Waals surface area contributed by atoms with E-state index in [1.165, 1.54) is 6.08 Å². The van der Waals surface area contributed by atoms with E-state index in [0.717, 1.165) is 5.56 Å². The zero-order valence-corrected chi connectivity index (χ0v) is 12.7. The van der Waals surface area contributed by atoms with Gasteiger partial charge < -0.3 is 10.2 Å². The first-order valence-electron chi connectivity index (χ1n) is 6.44. The van der Waals surface area contributed by atoms with Crippen molar-refractivity contribution in [1.82, 2.24) is 10.4 Å². The van der Waals surface area contributed by atoms with Crippen molar-refractivity contribution < 1.29 is 9.53 Å². The third kappa shape index (κ3) is 5.91. The molecule has 0 aliphatic carbocycles. The molecule has 0 fully saturated rings. The zero-order valence-electron chi connectivity index (χ0n) is 12.7. The second kappa shape index (κ2) is 7.25. The van der Waals surface area contributed by atoms with Gasteiger partial charge in [0.25, 0.3) is 0 Å². The number of hydrogen-bond acceptors (Lipinski definition) is 5. The molecule has 0 unspecified atom stereocenters. The van der Waals surface area contributed by atoms with Crippen LogP contribution in [0.2, 0.25) is 0 Å². The number of rotatable bonds is 4. The highest BCUT2D eigenvalue weighted by Gasteiger charge is 2.13. The third-order valence-electron chi connectivity index (χ3n) is 2.22. The summed E-state index contributed by atoms with van der Waals surface area (Å²) in [5, 5.41) is 3.96. The van der Waals surface area contributed by atoms with Gasteiger partial charge in [-0.1, -0.05) is 0 Å². The average Bonchev–Trinajstić information content (AvgIpc) is 2.41. The lowest BCUT2D eigenvalue weighted by molar-refractivity contribution is -0.148. The van der Waals surface area contributed by atoms with Crippen LogP contribution < -0.4 is 5.43 Å². The number of carbonyl (C=O) groups excluding carboxylic acids is 1. The van der Waals surface area contributed by atoms with Crippen LogP contribution in [-0.4, -0.2) is 29.3 Å². The summed E-state index contributed by atoms with van der Waals surface area (Å²) in [5.74, 6) is 2.06. The van der Waals surface area contributed by atoms with Gasteiger partial charge in [-0.2, -0.15) is 5.10 Å². The second-order valence-electron chi connectivity index (χ2n) is 5.17. The quantitative estimate of drug-likeness (QED) is 0.302. The van der Waals surface area contributed by atoms with Crippen LogP contribution in [0.5, 0.6) is 0 Å². The fourth-order valence-electron chi connectivity index (χ4n) is 1.43. The van der Waals surface area contributed by atoms with Crippen molar-refractivity contribution in [2.24, 2.45) is 5.10 Å². The highest BCUT2D eigenvalue weighted by atomic mass is 16.6. The molecule has 0 aliphatic rings. The topological polar surface area (TPSA) is 63.6 Å². The number of nitrogens with zero attached hydrogens (tertiary/aromatic N) is 2. The Morgan fingerprint density at radius 1 is 1.48 bits per heavy atom. The molecular formula is C16H19N3O2. The van der Waals surface area contributed by atoms with Gasteiger partial charge in [0.15, 0.2) is 0 Å².